The van der Waals surface area contributed by atoms with Crippen molar-refractivity contribution < 1.29 is 14.3 Å². The fourth-order valence-corrected chi connectivity index (χ4v) is 2.67. The van der Waals surface area contributed by atoms with Crippen molar-refractivity contribution in [1.82, 2.24) is 10.3 Å². The second kappa shape index (κ2) is 7.04. The lowest BCUT2D eigenvalue weighted by molar-refractivity contribution is 0.0949. The molecule has 5 nitrogen and oxygen atoms in total. The molecule has 25 heavy (non-hydrogen) atoms. The molecule has 1 amide bonds. The van der Waals surface area contributed by atoms with Crippen LogP contribution >= 0.6 is 11.6 Å². The molecule has 1 aromatic heterocycles. The van der Waals surface area contributed by atoms with Crippen LogP contribution in [0.4, 0.5) is 4.39 Å². The van der Waals surface area contributed by atoms with Gasteiger partial charge in [0.25, 0.3) is 5.91 Å². The highest BCUT2D eigenvalue weighted by Gasteiger charge is 2.15. The molecule has 0 saturated carbocycles. The standard InChI is InChI=1S/C18H14ClFN2O3/c19-12-3-1-10(2-4-12)7-22-18(25)15-8-21-16-11(9-23)5-13(20)6-14(16)17(15)24/h1-6,8,23H,7,9H2,(H,21,24)(H,22,25). The van der Waals surface area contributed by atoms with Gasteiger partial charge in [-0.25, -0.2) is 4.39 Å². The molecular weight excluding hydrogens is 347 g/mol. The Labute approximate surface area is 147 Å². The summed E-state index contributed by atoms with van der Waals surface area (Å²) in [6, 6.07) is 9.10. The fraction of sp³-hybridized carbons (Fsp3) is 0.111. The first-order valence-corrected chi connectivity index (χ1v) is 7.84. The first-order chi connectivity index (χ1) is 12.0. The Kier molecular flexibility index (Phi) is 4.83. The third-order valence-corrected chi connectivity index (χ3v) is 4.07. The van der Waals surface area contributed by atoms with Crippen LogP contribution in [0.15, 0.2) is 47.4 Å². The van der Waals surface area contributed by atoms with Crippen molar-refractivity contribution in [2.45, 2.75) is 13.2 Å². The molecule has 0 aliphatic carbocycles. The van der Waals surface area contributed by atoms with Gasteiger partial charge in [-0.15, -0.1) is 0 Å². The van der Waals surface area contributed by atoms with Gasteiger partial charge < -0.3 is 15.4 Å². The van der Waals surface area contributed by atoms with E-state index in [1.807, 2.05) is 0 Å². The van der Waals surface area contributed by atoms with Crippen molar-refractivity contribution in [2.75, 3.05) is 0 Å². The number of aromatic nitrogens is 1. The van der Waals surface area contributed by atoms with Gasteiger partial charge in [0, 0.05) is 28.7 Å². The van der Waals surface area contributed by atoms with E-state index in [0.717, 1.165) is 17.7 Å². The second-order valence-corrected chi connectivity index (χ2v) is 5.92. The van der Waals surface area contributed by atoms with E-state index in [-0.39, 0.29) is 23.1 Å². The first kappa shape index (κ1) is 17.1. The van der Waals surface area contributed by atoms with E-state index in [0.29, 0.717) is 10.5 Å². The van der Waals surface area contributed by atoms with Crippen LogP contribution in [0.5, 0.6) is 0 Å². The molecule has 0 aliphatic rings. The first-order valence-electron chi connectivity index (χ1n) is 7.47. The molecule has 0 radical (unpaired) electrons. The van der Waals surface area contributed by atoms with Crippen LogP contribution in [0.3, 0.4) is 0 Å². The van der Waals surface area contributed by atoms with Crippen LogP contribution in [0.2, 0.25) is 5.02 Å². The van der Waals surface area contributed by atoms with Gasteiger partial charge in [-0.1, -0.05) is 23.7 Å². The molecule has 2 aromatic carbocycles. The number of halogens is 2. The van der Waals surface area contributed by atoms with Gasteiger partial charge >= 0.3 is 0 Å². The minimum Gasteiger partial charge on any atom is -0.392 e. The zero-order chi connectivity index (χ0) is 18.0. The largest absolute Gasteiger partial charge is 0.392 e. The summed E-state index contributed by atoms with van der Waals surface area (Å²) in [5.41, 5.74) is 0.652. The predicted octanol–water partition coefficient (Wildman–Crippen LogP) is 2.74. The van der Waals surface area contributed by atoms with Gasteiger partial charge in [0.1, 0.15) is 11.4 Å². The SMILES string of the molecule is O=C(NCc1ccc(Cl)cc1)c1c[nH]c2c(CO)cc(F)cc2c1=O. The number of amides is 1. The molecule has 0 atom stereocenters. The molecule has 7 heteroatoms. The number of aromatic amines is 1. The summed E-state index contributed by atoms with van der Waals surface area (Å²) in [5, 5.41) is 12.5. The molecule has 3 aromatic rings. The van der Waals surface area contributed by atoms with E-state index in [1.54, 1.807) is 24.3 Å². The average Bonchev–Trinajstić information content (AvgIpc) is 2.61. The normalized spacial score (nSPS) is 10.8. The number of carbonyl (C=O) groups excluding carboxylic acids is 1. The van der Waals surface area contributed by atoms with Gasteiger partial charge in [-0.2, -0.15) is 0 Å². The maximum atomic E-state index is 13.6. The highest BCUT2D eigenvalue weighted by Crippen LogP contribution is 2.17. The summed E-state index contributed by atoms with van der Waals surface area (Å²) in [6.07, 6.45) is 1.26. The molecule has 0 saturated heterocycles. The highest BCUT2D eigenvalue weighted by atomic mass is 35.5. The number of aliphatic hydroxyl groups excluding tert-OH is 1. The third kappa shape index (κ3) is 3.55. The predicted molar refractivity (Wildman–Crippen MR) is 93.1 cm³/mol. The highest BCUT2D eigenvalue weighted by molar-refractivity contribution is 6.30. The summed E-state index contributed by atoms with van der Waals surface area (Å²) in [6.45, 7) is -0.204. The van der Waals surface area contributed by atoms with Gasteiger partial charge in [0.05, 0.1) is 12.1 Å². The quantitative estimate of drug-likeness (QED) is 0.669. The van der Waals surface area contributed by atoms with Gasteiger partial charge in [0.15, 0.2) is 0 Å². The lowest BCUT2D eigenvalue weighted by atomic mass is 10.1. The zero-order valence-electron chi connectivity index (χ0n) is 13.0. The lowest BCUT2D eigenvalue weighted by Crippen LogP contribution is -2.28. The number of aliphatic hydroxyl groups is 1. The van der Waals surface area contributed by atoms with Gasteiger partial charge in [-0.05, 0) is 29.8 Å². The number of benzene rings is 2. The van der Waals surface area contributed by atoms with Crippen molar-refractivity contribution in [3.05, 3.63) is 80.3 Å². The van der Waals surface area contributed by atoms with Crippen LogP contribution < -0.4 is 10.7 Å². The number of pyridine rings is 1. The number of fused-ring (bicyclic) bond motifs is 1. The molecule has 0 aliphatic heterocycles. The molecule has 3 N–H and O–H groups in total. The summed E-state index contributed by atoms with van der Waals surface area (Å²) >= 11 is 5.80. The number of nitrogens with one attached hydrogen (secondary N) is 2. The molecule has 1 heterocycles. The van der Waals surface area contributed by atoms with Crippen LogP contribution in [-0.2, 0) is 13.2 Å². The minimum atomic E-state index is -0.652. The number of H-pyrrole nitrogens is 1. The van der Waals surface area contributed by atoms with E-state index in [1.165, 1.54) is 6.20 Å². The second-order valence-electron chi connectivity index (χ2n) is 5.49. The summed E-state index contributed by atoms with van der Waals surface area (Å²) < 4.78 is 13.6. The number of rotatable bonds is 4. The maximum Gasteiger partial charge on any atom is 0.257 e. The summed E-state index contributed by atoms with van der Waals surface area (Å²) in [7, 11) is 0. The average molecular weight is 361 g/mol. The molecular formula is C18H14ClFN2O3. The Hall–Kier alpha value is -2.70. The fourth-order valence-electron chi connectivity index (χ4n) is 2.54. The van der Waals surface area contributed by atoms with E-state index < -0.39 is 23.8 Å². The minimum absolute atomic E-state index is 0.0168. The Morgan fingerprint density at radius 3 is 2.64 bits per heavy atom. The Morgan fingerprint density at radius 2 is 1.96 bits per heavy atom. The number of hydrogen-bond donors (Lipinski definition) is 3. The monoisotopic (exact) mass is 360 g/mol. The van der Waals surface area contributed by atoms with Crippen molar-refractivity contribution in [3.63, 3.8) is 0 Å². The topological polar surface area (TPSA) is 82.2 Å². The van der Waals surface area contributed by atoms with Crippen molar-refractivity contribution in [1.29, 1.82) is 0 Å². The van der Waals surface area contributed by atoms with Crippen LogP contribution in [0.1, 0.15) is 21.5 Å². The van der Waals surface area contributed by atoms with Gasteiger partial charge in [0.2, 0.25) is 5.43 Å². The smallest absolute Gasteiger partial charge is 0.257 e. The van der Waals surface area contributed by atoms with E-state index in [9.17, 15) is 19.1 Å². The van der Waals surface area contributed by atoms with Gasteiger partial charge in [-0.3, -0.25) is 9.59 Å². The molecule has 0 fully saturated rings. The lowest BCUT2D eigenvalue weighted by Gasteiger charge is -2.08. The third-order valence-electron chi connectivity index (χ3n) is 3.82. The van der Waals surface area contributed by atoms with E-state index in [2.05, 4.69) is 10.3 Å². The van der Waals surface area contributed by atoms with E-state index >= 15 is 0 Å². The van der Waals surface area contributed by atoms with E-state index in [4.69, 9.17) is 11.6 Å². The zero-order valence-corrected chi connectivity index (χ0v) is 13.7. The Balaban J connectivity index is 1.90. The summed E-state index contributed by atoms with van der Waals surface area (Å²) in [4.78, 5) is 27.6. The molecule has 128 valence electrons. The molecule has 3 rings (SSSR count). The Morgan fingerprint density at radius 1 is 1.24 bits per heavy atom. The van der Waals surface area contributed by atoms with Crippen molar-refractivity contribution in [2.24, 2.45) is 0 Å². The Bertz CT molecular complexity index is 1000. The summed E-state index contributed by atoms with van der Waals surface area (Å²) in [5.74, 6) is -1.23. The molecule has 0 unspecified atom stereocenters. The van der Waals surface area contributed by atoms with Crippen molar-refractivity contribution in [3.8, 4) is 0 Å². The van der Waals surface area contributed by atoms with Crippen LogP contribution in [0.25, 0.3) is 10.9 Å². The van der Waals surface area contributed by atoms with Crippen molar-refractivity contribution >= 4 is 28.4 Å². The van der Waals surface area contributed by atoms with Crippen LogP contribution in [-0.4, -0.2) is 16.0 Å². The van der Waals surface area contributed by atoms with Crippen LogP contribution in [0, 0.1) is 5.82 Å². The maximum absolute atomic E-state index is 13.6. The molecule has 0 bridgehead atoms. The molecule has 0 spiro atoms. The number of hydrogen-bond acceptors (Lipinski definition) is 3. The number of carbonyl (C=O) groups is 1.